The van der Waals surface area contributed by atoms with Crippen molar-refractivity contribution in [3.8, 4) is 0 Å². The number of nitrogens with one attached hydrogen (secondary N) is 1. The van der Waals surface area contributed by atoms with Gasteiger partial charge < -0.3 is 9.88 Å². The molecule has 0 aliphatic carbocycles. The minimum Gasteiger partial charge on any atom is -0.327 e. The monoisotopic (exact) mass is 591 g/mol. The van der Waals surface area contributed by atoms with Gasteiger partial charge in [0.1, 0.15) is 36.1 Å². The van der Waals surface area contributed by atoms with Crippen LogP contribution >= 0.6 is 23.2 Å². The first kappa shape index (κ1) is 28.9. The summed E-state index contributed by atoms with van der Waals surface area (Å²) in [5.41, 5.74) is 0.685. The van der Waals surface area contributed by atoms with Crippen molar-refractivity contribution in [3.05, 3.63) is 73.6 Å². The first-order valence-electron chi connectivity index (χ1n) is 12.2. The lowest BCUT2D eigenvalue weighted by molar-refractivity contribution is -1.09. The molecule has 0 radical (unpaired) electrons. The van der Waals surface area contributed by atoms with E-state index in [1.165, 1.54) is 33.7 Å². The van der Waals surface area contributed by atoms with Crippen LogP contribution in [0.3, 0.4) is 0 Å². The van der Waals surface area contributed by atoms with Gasteiger partial charge in [0, 0.05) is 24.7 Å². The van der Waals surface area contributed by atoms with Gasteiger partial charge in [-0.2, -0.15) is 13.2 Å². The van der Waals surface area contributed by atoms with Crippen LogP contribution in [-0.4, -0.2) is 69.7 Å². The molecule has 0 atom stereocenters. The number of hydrogen-bond acceptors (Lipinski definition) is 4. The number of alkyl halides is 3. The van der Waals surface area contributed by atoms with Crippen LogP contribution in [0.4, 0.5) is 17.6 Å². The number of unbranched alkanes of at least 4 members (excludes halogenated alkanes) is 1. The summed E-state index contributed by atoms with van der Waals surface area (Å²) in [5, 5.41) is 0.319. The molecule has 1 saturated heterocycles. The maximum atomic E-state index is 14.8. The Morgan fingerprint density at radius 2 is 1.85 bits per heavy atom. The number of hydrogen-bond donors (Lipinski definition) is 1. The summed E-state index contributed by atoms with van der Waals surface area (Å²) in [5.74, 6) is -3.69. The van der Waals surface area contributed by atoms with Gasteiger partial charge in [-0.05, 0) is 23.8 Å². The highest BCUT2D eigenvalue weighted by atomic mass is 35.5. The SMILES string of the molecule is CCCC[N+]1(OC(=O)C(F)(F)F)CCN(C(=O)c2cc(Cc3c[nH]c(=O)c4cc(Cl)c(Cl)n34)ccc2F)CC1. The fraction of sp³-hybridized carbons (Fsp3) is 0.400. The van der Waals surface area contributed by atoms with E-state index in [9.17, 15) is 31.9 Å². The van der Waals surface area contributed by atoms with Crippen LogP contribution in [0.1, 0.15) is 41.4 Å². The van der Waals surface area contributed by atoms with Crippen molar-refractivity contribution in [1.29, 1.82) is 0 Å². The Balaban J connectivity index is 1.54. The van der Waals surface area contributed by atoms with Gasteiger partial charge in [0.2, 0.25) is 0 Å². The molecule has 210 valence electrons. The number of aromatic nitrogens is 2. The predicted molar refractivity (Wildman–Crippen MR) is 135 cm³/mol. The van der Waals surface area contributed by atoms with E-state index in [0.717, 1.165) is 6.07 Å². The Kier molecular flexibility index (Phi) is 8.29. The molecule has 8 nitrogen and oxygen atoms in total. The third kappa shape index (κ3) is 6.07. The summed E-state index contributed by atoms with van der Waals surface area (Å²) in [7, 11) is 0. The fourth-order valence-electron chi connectivity index (χ4n) is 4.61. The summed E-state index contributed by atoms with van der Waals surface area (Å²) in [6.45, 7) is 1.84. The molecule has 0 bridgehead atoms. The highest BCUT2D eigenvalue weighted by Gasteiger charge is 2.49. The number of halogens is 6. The molecule has 3 heterocycles. The summed E-state index contributed by atoms with van der Waals surface area (Å²) in [6.07, 6.45) is -2.33. The normalized spacial score (nSPS) is 15.5. The average molecular weight is 592 g/mol. The van der Waals surface area contributed by atoms with E-state index in [4.69, 9.17) is 28.0 Å². The first-order valence-corrected chi connectivity index (χ1v) is 12.9. The molecular formula is C25H25Cl2F4N4O4+. The molecule has 3 aromatic rings. The van der Waals surface area contributed by atoms with Gasteiger partial charge in [0.15, 0.2) is 0 Å². The molecular weight excluding hydrogens is 567 g/mol. The number of carbonyl (C=O) groups is 2. The van der Waals surface area contributed by atoms with Gasteiger partial charge in [-0.15, -0.1) is 4.65 Å². The van der Waals surface area contributed by atoms with Crippen molar-refractivity contribution in [3.63, 3.8) is 0 Å². The lowest BCUT2D eigenvalue weighted by Crippen LogP contribution is -2.62. The molecule has 14 heteroatoms. The lowest BCUT2D eigenvalue weighted by atomic mass is 10.0. The van der Waals surface area contributed by atoms with Gasteiger partial charge in [-0.1, -0.05) is 42.6 Å². The molecule has 1 fully saturated rings. The molecule has 0 unspecified atom stereocenters. The summed E-state index contributed by atoms with van der Waals surface area (Å²) < 4.78 is 54.3. The van der Waals surface area contributed by atoms with Crippen LogP contribution in [0.25, 0.3) is 5.52 Å². The number of amides is 1. The molecule has 1 amide bonds. The van der Waals surface area contributed by atoms with E-state index in [-0.39, 0.29) is 60.4 Å². The van der Waals surface area contributed by atoms with Crippen molar-refractivity contribution in [1.82, 2.24) is 14.3 Å². The van der Waals surface area contributed by atoms with E-state index in [1.807, 2.05) is 6.92 Å². The summed E-state index contributed by atoms with van der Waals surface area (Å²) in [6, 6.07) is 5.44. The smallest absolute Gasteiger partial charge is 0.327 e. The number of fused-ring (bicyclic) bond motifs is 1. The van der Waals surface area contributed by atoms with E-state index >= 15 is 0 Å². The minimum absolute atomic E-state index is 0.0324. The van der Waals surface area contributed by atoms with Gasteiger partial charge >= 0.3 is 12.1 Å². The Hall–Kier alpha value is -3.09. The summed E-state index contributed by atoms with van der Waals surface area (Å²) in [4.78, 5) is 45.7. The van der Waals surface area contributed by atoms with Crippen molar-refractivity contribution in [2.24, 2.45) is 0 Å². The van der Waals surface area contributed by atoms with E-state index in [2.05, 4.69) is 4.98 Å². The summed E-state index contributed by atoms with van der Waals surface area (Å²) >= 11 is 12.3. The van der Waals surface area contributed by atoms with Crippen molar-refractivity contribution < 1.29 is 36.6 Å². The highest BCUT2D eigenvalue weighted by Crippen LogP contribution is 2.28. The number of quaternary nitrogens is 1. The number of nitrogens with zero attached hydrogens (tertiary/aromatic N) is 3. The Labute approximate surface area is 230 Å². The second-order valence-electron chi connectivity index (χ2n) is 9.36. The number of rotatable bonds is 7. The van der Waals surface area contributed by atoms with Gasteiger partial charge in [0.25, 0.3) is 11.5 Å². The molecule has 0 saturated carbocycles. The van der Waals surface area contributed by atoms with Gasteiger partial charge in [-0.25, -0.2) is 9.18 Å². The average Bonchev–Trinajstić information content (AvgIpc) is 3.20. The fourth-order valence-corrected chi connectivity index (χ4v) is 5.06. The maximum absolute atomic E-state index is 14.8. The van der Waals surface area contributed by atoms with Crippen LogP contribution in [0.5, 0.6) is 0 Å². The van der Waals surface area contributed by atoms with Crippen LogP contribution in [-0.2, 0) is 16.1 Å². The zero-order valence-electron chi connectivity index (χ0n) is 20.8. The van der Waals surface area contributed by atoms with Crippen molar-refractivity contribution in [2.75, 3.05) is 32.7 Å². The molecule has 1 N–H and O–H groups in total. The van der Waals surface area contributed by atoms with Crippen LogP contribution in [0.2, 0.25) is 10.2 Å². The number of piperazine rings is 1. The quantitative estimate of drug-likeness (QED) is 0.317. The topological polar surface area (TPSA) is 83.9 Å². The molecule has 2 aromatic heterocycles. The third-order valence-electron chi connectivity index (χ3n) is 6.70. The molecule has 4 rings (SSSR count). The zero-order chi connectivity index (χ0) is 28.5. The number of benzene rings is 1. The molecule has 1 aromatic carbocycles. The molecule has 39 heavy (non-hydrogen) atoms. The Morgan fingerprint density at radius 1 is 1.15 bits per heavy atom. The number of hydroxylamine groups is 3. The molecule has 1 aliphatic heterocycles. The number of H-pyrrole nitrogens is 1. The van der Waals surface area contributed by atoms with Crippen molar-refractivity contribution >= 4 is 40.6 Å². The molecule has 1 aliphatic rings. The number of aromatic amines is 1. The Bertz CT molecular complexity index is 1460. The van der Waals surface area contributed by atoms with E-state index in [1.54, 1.807) is 0 Å². The molecule has 0 spiro atoms. The maximum Gasteiger partial charge on any atom is 0.497 e. The van der Waals surface area contributed by atoms with Crippen LogP contribution < -0.4 is 5.56 Å². The van der Waals surface area contributed by atoms with Crippen LogP contribution in [0, 0.1) is 5.82 Å². The minimum atomic E-state index is -5.14. The second kappa shape index (κ2) is 11.2. The van der Waals surface area contributed by atoms with E-state index < -0.39 is 34.1 Å². The third-order valence-corrected chi connectivity index (χ3v) is 7.46. The van der Waals surface area contributed by atoms with E-state index in [0.29, 0.717) is 24.1 Å². The highest BCUT2D eigenvalue weighted by molar-refractivity contribution is 6.42. The van der Waals surface area contributed by atoms with Crippen molar-refractivity contribution in [2.45, 2.75) is 32.4 Å². The standard InChI is InChI=1S/C25H24Cl2F4N4O4/c1-2-3-8-35(39-24(38)25(29,30)31)9-6-33(7-10-35)23(37)17-12-15(4-5-19(17)28)11-16-14-32-22(36)20-13-18(26)21(27)34(16)20/h4-5,12-14H,2-3,6-11H2,1H3/p+1. The zero-order valence-corrected chi connectivity index (χ0v) is 22.3. The first-order chi connectivity index (χ1) is 18.3. The lowest BCUT2D eigenvalue weighted by Gasteiger charge is -2.41. The predicted octanol–water partition coefficient (Wildman–Crippen LogP) is 4.76. The largest absolute Gasteiger partial charge is 0.497 e. The Morgan fingerprint density at radius 3 is 2.49 bits per heavy atom. The van der Waals surface area contributed by atoms with Crippen LogP contribution in [0.15, 0.2) is 35.3 Å². The van der Waals surface area contributed by atoms with Gasteiger partial charge in [-0.3, -0.25) is 18.8 Å². The second-order valence-corrected chi connectivity index (χ2v) is 10.1. The number of carbonyl (C=O) groups excluding carboxylic acids is 2. The van der Waals surface area contributed by atoms with Gasteiger partial charge in [0.05, 0.1) is 23.7 Å².